The van der Waals surface area contributed by atoms with Gasteiger partial charge >= 0.3 is 5.97 Å². The molecule has 0 N–H and O–H groups in total. The largest absolute Gasteiger partial charge is 0.469 e. The second-order valence-corrected chi connectivity index (χ2v) is 6.03. The Balaban J connectivity index is 4.56. The van der Waals surface area contributed by atoms with Crippen molar-refractivity contribution in [2.24, 2.45) is 5.92 Å². The summed E-state index contributed by atoms with van der Waals surface area (Å²) < 4.78 is 2.84. The van der Waals surface area contributed by atoms with Crippen molar-refractivity contribution in [2.45, 2.75) is 15.5 Å². The standard InChI is InChI=1S/C6H8BrCl3O2/c1-3(7)4(5(11)12-2)6(8,9)10/h3-4H,1-2H3. The molecule has 0 bridgehead atoms. The highest BCUT2D eigenvalue weighted by Crippen LogP contribution is 2.39. The normalized spacial score (nSPS) is 16.8. The molecule has 0 amide bonds. The summed E-state index contributed by atoms with van der Waals surface area (Å²) in [5.41, 5.74) is 0. The fraction of sp³-hybridized carbons (Fsp3) is 0.833. The molecule has 0 aromatic rings. The quantitative estimate of drug-likeness (QED) is 0.579. The zero-order valence-electron chi connectivity index (χ0n) is 6.48. The van der Waals surface area contributed by atoms with Crippen molar-refractivity contribution in [3.05, 3.63) is 0 Å². The second kappa shape index (κ2) is 4.89. The van der Waals surface area contributed by atoms with Crippen molar-refractivity contribution in [1.82, 2.24) is 0 Å². The van der Waals surface area contributed by atoms with Gasteiger partial charge in [-0.2, -0.15) is 0 Å². The zero-order chi connectivity index (χ0) is 9.94. The second-order valence-electron chi connectivity index (χ2n) is 2.22. The first-order valence-corrected chi connectivity index (χ1v) is 5.14. The molecule has 0 saturated heterocycles. The molecule has 0 saturated carbocycles. The molecule has 6 heteroatoms. The molecule has 0 aromatic carbocycles. The van der Waals surface area contributed by atoms with E-state index in [1.165, 1.54) is 7.11 Å². The predicted molar refractivity (Wildman–Crippen MR) is 54.2 cm³/mol. The van der Waals surface area contributed by atoms with E-state index in [-0.39, 0.29) is 4.83 Å². The molecule has 2 atom stereocenters. The Labute approximate surface area is 94.6 Å². The molecule has 0 spiro atoms. The van der Waals surface area contributed by atoms with Crippen LogP contribution in [-0.2, 0) is 9.53 Å². The summed E-state index contributed by atoms with van der Waals surface area (Å²) in [5.74, 6) is -1.34. The van der Waals surface area contributed by atoms with Gasteiger partial charge in [0, 0.05) is 4.83 Å². The summed E-state index contributed by atoms with van der Waals surface area (Å²) >= 11 is 19.9. The van der Waals surface area contributed by atoms with E-state index in [2.05, 4.69) is 20.7 Å². The number of carbonyl (C=O) groups excluding carboxylic acids is 1. The predicted octanol–water partition coefficient (Wildman–Crippen LogP) is 2.93. The molecule has 2 nitrogen and oxygen atoms in total. The van der Waals surface area contributed by atoms with E-state index >= 15 is 0 Å². The summed E-state index contributed by atoms with van der Waals surface area (Å²) in [7, 11) is 1.25. The third-order valence-corrected chi connectivity index (χ3v) is 2.50. The molecule has 0 fully saturated rings. The first kappa shape index (κ1) is 12.8. The first-order valence-electron chi connectivity index (χ1n) is 3.09. The lowest BCUT2D eigenvalue weighted by atomic mass is 10.1. The van der Waals surface area contributed by atoms with Crippen molar-refractivity contribution < 1.29 is 9.53 Å². The summed E-state index contributed by atoms with van der Waals surface area (Å²) in [6, 6.07) is 0. The zero-order valence-corrected chi connectivity index (χ0v) is 10.3. The maximum atomic E-state index is 11.1. The topological polar surface area (TPSA) is 26.3 Å². The van der Waals surface area contributed by atoms with Crippen molar-refractivity contribution in [1.29, 1.82) is 0 Å². The van der Waals surface area contributed by atoms with Crippen LogP contribution in [0.25, 0.3) is 0 Å². The van der Waals surface area contributed by atoms with E-state index in [0.717, 1.165) is 0 Å². The minimum atomic E-state index is -1.64. The molecule has 0 aliphatic heterocycles. The van der Waals surface area contributed by atoms with Gasteiger partial charge in [0.05, 0.1) is 7.11 Å². The monoisotopic (exact) mass is 296 g/mol. The number of alkyl halides is 4. The Kier molecular flexibility index (Phi) is 5.23. The van der Waals surface area contributed by atoms with Crippen LogP contribution >= 0.6 is 50.7 Å². The number of carbonyl (C=O) groups is 1. The van der Waals surface area contributed by atoms with Crippen LogP contribution < -0.4 is 0 Å². The van der Waals surface area contributed by atoms with Crippen LogP contribution in [0.1, 0.15) is 6.92 Å². The number of hydrogen-bond donors (Lipinski definition) is 0. The molecule has 0 heterocycles. The molecule has 2 unspecified atom stereocenters. The molecular weight excluding hydrogens is 290 g/mol. The van der Waals surface area contributed by atoms with E-state index in [0.29, 0.717) is 0 Å². The van der Waals surface area contributed by atoms with E-state index in [9.17, 15) is 4.79 Å². The van der Waals surface area contributed by atoms with Crippen LogP contribution in [0.15, 0.2) is 0 Å². The van der Waals surface area contributed by atoms with Crippen LogP contribution in [0.5, 0.6) is 0 Å². The molecule has 0 aliphatic rings. The summed E-state index contributed by atoms with van der Waals surface area (Å²) in [6.07, 6.45) is 0. The number of ether oxygens (including phenoxy) is 1. The SMILES string of the molecule is COC(=O)C(C(C)Br)C(Cl)(Cl)Cl. The van der Waals surface area contributed by atoms with E-state index < -0.39 is 15.7 Å². The molecular formula is C6H8BrCl3O2. The highest BCUT2D eigenvalue weighted by atomic mass is 79.9. The lowest BCUT2D eigenvalue weighted by molar-refractivity contribution is -0.145. The van der Waals surface area contributed by atoms with Crippen molar-refractivity contribution in [2.75, 3.05) is 7.11 Å². The van der Waals surface area contributed by atoms with E-state index in [1.807, 2.05) is 0 Å². The van der Waals surface area contributed by atoms with Crippen LogP contribution in [0, 0.1) is 5.92 Å². The average molecular weight is 298 g/mol. The Bertz CT molecular complexity index is 167. The van der Waals surface area contributed by atoms with Gasteiger partial charge in [-0.25, -0.2) is 0 Å². The fourth-order valence-electron chi connectivity index (χ4n) is 0.709. The fourth-order valence-corrected chi connectivity index (χ4v) is 2.61. The van der Waals surface area contributed by atoms with E-state index in [1.54, 1.807) is 6.92 Å². The van der Waals surface area contributed by atoms with Gasteiger partial charge in [0.25, 0.3) is 0 Å². The molecule has 12 heavy (non-hydrogen) atoms. The van der Waals surface area contributed by atoms with Crippen LogP contribution in [-0.4, -0.2) is 21.7 Å². The van der Waals surface area contributed by atoms with Gasteiger partial charge in [-0.05, 0) is 0 Å². The Morgan fingerprint density at radius 1 is 1.50 bits per heavy atom. The highest BCUT2D eigenvalue weighted by molar-refractivity contribution is 9.09. The van der Waals surface area contributed by atoms with Crippen LogP contribution in [0.4, 0.5) is 0 Å². The average Bonchev–Trinajstić information content (AvgIpc) is 1.83. The lowest BCUT2D eigenvalue weighted by Crippen LogP contribution is -2.34. The van der Waals surface area contributed by atoms with E-state index in [4.69, 9.17) is 34.8 Å². The molecule has 0 radical (unpaired) electrons. The summed E-state index contributed by atoms with van der Waals surface area (Å²) in [6.45, 7) is 1.71. The Hall–Kier alpha value is 0.820. The highest BCUT2D eigenvalue weighted by Gasteiger charge is 2.42. The Morgan fingerprint density at radius 2 is 1.92 bits per heavy atom. The molecule has 0 aromatic heterocycles. The third kappa shape index (κ3) is 3.69. The minimum Gasteiger partial charge on any atom is -0.469 e. The maximum absolute atomic E-state index is 11.1. The number of hydrogen-bond acceptors (Lipinski definition) is 2. The summed E-state index contributed by atoms with van der Waals surface area (Å²) in [4.78, 5) is 10.8. The van der Waals surface area contributed by atoms with Crippen molar-refractivity contribution in [3.63, 3.8) is 0 Å². The van der Waals surface area contributed by atoms with Gasteiger partial charge in [-0.1, -0.05) is 57.7 Å². The Morgan fingerprint density at radius 3 is 2.00 bits per heavy atom. The van der Waals surface area contributed by atoms with Crippen molar-refractivity contribution >= 4 is 56.7 Å². The van der Waals surface area contributed by atoms with Crippen LogP contribution in [0.2, 0.25) is 0 Å². The van der Waals surface area contributed by atoms with Gasteiger partial charge in [0.1, 0.15) is 5.92 Å². The minimum absolute atomic E-state index is 0.252. The smallest absolute Gasteiger partial charge is 0.314 e. The first-order chi connectivity index (χ1) is 5.30. The number of rotatable bonds is 2. The van der Waals surface area contributed by atoms with Gasteiger partial charge in [-0.3, -0.25) is 4.79 Å². The number of esters is 1. The van der Waals surface area contributed by atoms with Gasteiger partial charge in [-0.15, -0.1) is 0 Å². The maximum Gasteiger partial charge on any atom is 0.314 e. The lowest BCUT2D eigenvalue weighted by Gasteiger charge is -2.23. The molecule has 0 rings (SSSR count). The third-order valence-electron chi connectivity index (χ3n) is 1.27. The summed E-state index contributed by atoms with van der Waals surface area (Å²) in [5, 5.41) is 0. The number of halogens is 4. The molecule has 72 valence electrons. The molecule has 0 aliphatic carbocycles. The van der Waals surface area contributed by atoms with Gasteiger partial charge < -0.3 is 4.74 Å². The number of methoxy groups -OCH3 is 1. The van der Waals surface area contributed by atoms with Gasteiger partial charge in [0.15, 0.2) is 0 Å². The van der Waals surface area contributed by atoms with Gasteiger partial charge in [0.2, 0.25) is 3.79 Å². The van der Waals surface area contributed by atoms with Crippen LogP contribution in [0.3, 0.4) is 0 Å². The van der Waals surface area contributed by atoms with Crippen molar-refractivity contribution in [3.8, 4) is 0 Å².